The number of rotatable bonds is 5. The van der Waals surface area contributed by atoms with Gasteiger partial charge in [0.1, 0.15) is 0 Å². The maximum atomic E-state index is 6.28. The Labute approximate surface area is 133 Å². The first kappa shape index (κ1) is 15.5. The summed E-state index contributed by atoms with van der Waals surface area (Å²) in [6.45, 7) is 2.18. The summed E-state index contributed by atoms with van der Waals surface area (Å²) >= 11 is 9.76. The number of hydrazine groups is 1. The van der Waals surface area contributed by atoms with E-state index in [-0.39, 0.29) is 6.04 Å². The van der Waals surface area contributed by atoms with E-state index in [0.717, 1.165) is 28.4 Å². The molecule has 2 aromatic carbocycles. The number of nitrogens with two attached hydrogens (primary N) is 1. The van der Waals surface area contributed by atoms with E-state index in [9.17, 15) is 0 Å². The van der Waals surface area contributed by atoms with Gasteiger partial charge in [-0.3, -0.25) is 5.84 Å². The molecule has 3 N–H and O–H groups in total. The molecule has 0 spiro atoms. The highest BCUT2D eigenvalue weighted by Crippen LogP contribution is 2.30. The van der Waals surface area contributed by atoms with Crippen LogP contribution in [0.15, 0.2) is 46.9 Å². The molecule has 0 amide bonds. The maximum Gasteiger partial charge on any atom is 0.0724 e. The third-order valence-electron chi connectivity index (χ3n) is 3.29. The van der Waals surface area contributed by atoms with Crippen molar-refractivity contribution in [3.8, 4) is 0 Å². The standard InChI is InChI=1S/C16H18BrClN2/c1-2-3-11-4-6-12(7-5-11)16(20-19)14-10-13(17)8-9-15(14)18/h4-10,16,20H,2-3,19H2,1H3. The van der Waals surface area contributed by atoms with Crippen molar-refractivity contribution < 1.29 is 0 Å². The van der Waals surface area contributed by atoms with Crippen LogP contribution in [0.25, 0.3) is 0 Å². The number of benzene rings is 2. The number of hydrogen-bond acceptors (Lipinski definition) is 2. The summed E-state index contributed by atoms with van der Waals surface area (Å²) in [6, 6.07) is 14.2. The normalized spacial score (nSPS) is 12.4. The van der Waals surface area contributed by atoms with Crippen molar-refractivity contribution in [3.05, 3.63) is 68.7 Å². The Hall–Kier alpha value is -0.870. The number of aryl methyl sites for hydroxylation is 1. The van der Waals surface area contributed by atoms with Crippen molar-refractivity contribution in [1.82, 2.24) is 5.43 Å². The molecule has 20 heavy (non-hydrogen) atoms. The Kier molecular flexibility index (Phi) is 5.61. The maximum absolute atomic E-state index is 6.28. The van der Waals surface area contributed by atoms with Crippen LogP contribution in [0, 0.1) is 0 Å². The van der Waals surface area contributed by atoms with Crippen molar-refractivity contribution in [1.29, 1.82) is 0 Å². The first-order chi connectivity index (χ1) is 9.65. The Bertz CT molecular complexity index is 569. The average Bonchev–Trinajstić information content (AvgIpc) is 2.45. The van der Waals surface area contributed by atoms with Crippen molar-refractivity contribution >= 4 is 27.5 Å². The van der Waals surface area contributed by atoms with Gasteiger partial charge in [-0.2, -0.15) is 0 Å². The van der Waals surface area contributed by atoms with Crippen LogP contribution in [0.2, 0.25) is 5.02 Å². The van der Waals surface area contributed by atoms with Gasteiger partial charge in [0.2, 0.25) is 0 Å². The summed E-state index contributed by atoms with van der Waals surface area (Å²) in [5.74, 6) is 5.73. The van der Waals surface area contributed by atoms with Crippen LogP contribution in [0.5, 0.6) is 0 Å². The molecule has 1 atom stereocenters. The molecule has 0 saturated heterocycles. The number of halogens is 2. The molecule has 0 aliphatic rings. The van der Waals surface area contributed by atoms with Crippen LogP contribution in [0.1, 0.15) is 36.1 Å². The first-order valence-electron chi connectivity index (χ1n) is 6.65. The molecule has 0 aromatic heterocycles. The van der Waals surface area contributed by atoms with Crippen molar-refractivity contribution in [2.24, 2.45) is 5.84 Å². The molecule has 2 aromatic rings. The fraction of sp³-hybridized carbons (Fsp3) is 0.250. The highest BCUT2D eigenvalue weighted by molar-refractivity contribution is 9.10. The van der Waals surface area contributed by atoms with E-state index in [4.69, 9.17) is 17.4 Å². The van der Waals surface area contributed by atoms with Gasteiger partial charge < -0.3 is 0 Å². The largest absolute Gasteiger partial charge is 0.271 e. The summed E-state index contributed by atoms with van der Waals surface area (Å²) in [5, 5.41) is 0.703. The van der Waals surface area contributed by atoms with E-state index in [0.29, 0.717) is 5.02 Å². The molecule has 0 bridgehead atoms. The molecule has 0 fully saturated rings. The molecule has 0 aliphatic carbocycles. The second-order valence-electron chi connectivity index (χ2n) is 4.76. The summed E-state index contributed by atoms with van der Waals surface area (Å²) in [6.07, 6.45) is 2.24. The fourth-order valence-corrected chi connectivity index (χ4v) is 2.87. The SMILES string of the molecule is CCCc1ccc(C(NN)c2cc(Br)ccc2Cl)cc1. The number of nitrogens with one attached hydrogen (secondary N) is 1. The zero-order valence-electron chi connectivity index (χ0n) is 11.4. The van der Waals surface area contributed by atoms with Gasteiger partial charge in [0.25, 0.3) is 0 Å². The minimum atomic E-state index is -0.115. The van der Waals surface area contributed by atoms with Crippen LogP contribution < -0.4 is 11.3 Å². The topological polar surface area (TPSA) is 38.0 Å². The fourth-order valence-electron chi connectivity index (χ4n) is 2.27. The zero-order chi connectivity index (χ0) is 14.5. The van der Waals surface area contributed by atoms with Gasteiger partial charge in [0, 0.05) is 9.50 Å². The molecular weight excluding hydrogens is 336 g/mol. The van der Waals surface area contributed by atoms with Crippen molar-refractivity contribution in [2.45, 2.75) is 25.8 Å². The molecule has 4 heteroatoms. The van der Waals surface area contributed by atoms with E-state index < -0.39 is 0 Å². The quantitative estimate of drug-likeness (QED) is 0.608. The van der Waals surface area contributed by atoms with Gasteiger partial charge in [0.15, 0.2) is 0 Å². The second kappa shape index (κ2) is 7.23. The first-order valence-corrected chi connectivity index (χ1v) is 7.82. The summed E-state index contributed by atoms with van der Waals surface area (Å²) < 4.78 is 0.986. The van der Waals surface area contributed by atoms with Gasteiger partial charge in [-0.1, -0.05) is 65.1 Å². The molecule has 0 aliphatic heterocycles. The lowest BCUT2D eigenvalue weighted by Crippen LogP contribution is -2.29. The van der Waals surface area contributed by atoms with E-state index >= 15 is 0 Å². The summed E-state index contributed by atoms with van der Waals surface area (Å²) in [4.78, 5) is 0. The molecule has 106 valence electrons. The monoisotopic (exact) mass is 352 g/mol. The lowest BCUT2D eigenvalue weighted by atomic mass is 9.97. The lowest BCUT2D eigenvalue weighted by Gasteiger charge is -2.19. The Morgan fingerprint density at radius 2 is 1.90 bits per heavy atom. The smallest absolute Gasteiger partial charge is 0.0724 e. The van der Waals surface area contributed by atoms with E-state index in [1.165, 1.54) is 5.56 Å². The van der Waals surface area contributed by atoms with Crippen LogP contribution >= 0.6 is 27.5 Å². The summed E-state index contributed by atoms with van der Waals surface area (Å²) in [5.41, 5.74) is 6.26. The second-order valence-corrected chi connectivity index (χ2v) is 6.08. The molecule has 2 rings (SSSR count). The Morgan fingerprint density at radius 1 is 1.20 bits per heavy atom. The predicted octanol–water partition coefficient (Wildman–Crippen LogP) is 4.61. The highest BCUT2D eigenvalue weighted by atomic mass is 79.9. The van der Waals surface area contributed by atoms with Crippen molar-refractivity contribution in [3.63, 3.8) is 0 Å². The Morgan fingerprint density at radius 3 is 2.50 bits per heavy atom. The lowest BCUT2D eigenvalue weighted by molar-refractivity contribution is 0.636. The summed E-state index contributed by atoms with van der Waals surface area (Å²) in [7, 11) is 0. The third-order valence-corrected chi connectivity index (χ3v) is 4.12. The van der Waals surface area contributed by atoms with Crippen molar-refractivity contribution in [2.75, 3.05) is 0 Å². The highest BCUT2D eigenvalue weighted by Gasteiger charge is 2.15. The van der Waals surface area contributed by atoms with Crippen LogP contribution in [-0.2, 0) is 6.42 Å². The molecule has 0 saturated carbocycles. The molecule has 0 radical (unpaired) electrons. The van der Waals surface area contributed by atoms with Crippen LogP contribution in [0.3, 0.4) is 0 Å². The third kappa shape index (κ3) is 3.61. The van der Waals surface area contributed by atoms with Crippen LogP contribution in [-0.4, -0.2) is 0 Å². The van der Waals surface area contributed by atoms with Gasteiger partial charge in [-0.15, -0.1) is 0 Å². The van der Waals surface area contributed by atoms with Gasteiger partial charge in [0.05, 0.1) is 6.04 Å². The zero-order valence-corrected chi connectivity index (χ0v) is 13.7. The minimum Gasteiger partial charge on any atom is -0.271 e. The Balaban J connectivity index is 2.34. The van der Waals surface area contributed by atoms with E-state index in [1.807, 2.05) is 18.2 Å². The van der Waals surface area contributed by atoms with Gasteiger partial charge in [-0.05, 0) is 41.3 Å². The van der Waals surface area contributed by atoms with Gasteiger partial charge in [-0.25, -0.2) is 5.43 Å². The minimum absolute atomic E-state index is 0.115. The van der Waals surface area contributed by atoms with E-state index in [2.05, 4.69) is 52.5 Å². The molecule has 2 nitrogen and oxygen atoms in total. The molecular formula is C16H18BrClN2. The van der Waals surface area contributed by atoms with Crippen LogP contribution in [0.4, 0.5) is 0 Å². The molecule has 1 unspecified atom stereocenters. The molecule has 0 heterocycles. The van der Waals surface area contributed by atoms with Gasteiger partial charge >= 0.3 is 0 Å². The average molecular weight is 354 g/mol. The van der Waals surface area contributed by atoms with E-state index in [1.54, 1.807) is 0 Å². The predicted molar refractivity (Wildman–Crippen MR) is 88.8 cm³/mol. The number of hydrogen-bond donors (Lipinski definition) is 2.